The normalized spacial score (nSPS) is 10.8. The number of thiophene rings is 1. The number of benzene rings is 1. The minimum Gasteiger partial charge on any atom is -0.342 e. The van der Waals surface area contributed by atoms with Crippen molar-refractivity contribution in [2.75, 3.05) is 18.4 Å². The number of amides is 2. The van der Waals surface area contributed by atoms with E-state index in [2.05, 4.69) is 10.3 Å². The maximum atomic E-state index is 13.0. The molecule has 31 heavy (non-hydrogen) atoms. The monoisotopic (exact) mass is 443 g/mol. The summed E-state index contributed by atoms with van der Waals surface area (Å²) in [5, 5.41) is 13.8. The molecule has 10 nitrogen and oxygen atoms in total. The second-order valence-corrected chi connectivity index (χ2v) is 7.74. The molecule has 11 heteroatoms. The number of rotatable bonds is 7. The van der Waals surface area contributed by atoms with E-state index in [0.29, 0.717) is 23.5 Å². The minimum absolute atomic E-state index is 0.131. The molecule has 0 bridgehead atoms. The van der Waals surface area contributed by atoms with Crippen LogP contribution in [0.1, 0.15) is 29.1 Å². The number of likely N-dealkylation sites (N-methyl/N-ethyl adjacent to an activating group) is 1. The number of nitrogens with zero attached hydrogens (tertiary/aromatic N) is 4. The Hall–Kier alpha value is -3.60. The molecule has 0 saturated carbocycles. The van der Waals surface area contributed by atoms with E-state index in [9.17, 15) is 24.5 Å². The first-order chi connectivity index (χ1) is 14.8. The smallest absolute Gasteiger partial charge is 0.271 e. The van der Waals surface area contributed by atoms with Gasteiger partial charge in [0.05, 0.1) is 21.5 Å². The van der Waals surface area contributed by atoms with Crippen molar-refractivity contribution in [1.82, 2.24) is 14.5 Å². The first-order valence-corrected chi connectivity index (χ1v) is 10.4. The van der Waals surface area contributed by atoms with Crippen molar-refractivity contribution in [1.29, 1.82) is 0 Å². The average Bonchev–Trinajstić information content (AvgIpc) is 3.08. The van der Waals surface area contributed by atoms with Gasteiger partial charge in [-0.3, -0.25) is 29.1 Å². The Morgan fingerprint density at radius 1 is 1.29 bits per heavy atom. The highest BCUT2D eigenvalue weighted by atomic mass is 32.1. The molecular weight excluding hydrogens is 422 g/mol. The number of carbonyl (C=O) groups excluding carboxylic acids is 2. The fraction of sp³-hybridized carbons (Fsp3) is 0.300. The third kappa shape index (κ3) is 4.45. The molecule has 0 fully saturated rings. The van der Waals surface area contributed by atoms with Gasteiger partial charge in [0.15, 0.2) is 0 Å². The predicted molar refractivity (Wildman–Crippen MR) is 118 cm³/mol. The van der Waals surface area contributed by atoms with Crippen LogP contribution in [0.25, 0.3) is 10.2 Å². The number of aromatic nitrogens is 2. The second-order valence-electron chi connectivity index (χ2n) is 6.74. The molecule has 0 aliphatic carbocycles. The van der Waals surface area contributed by atoms with Crippen molar-refractivity contribution in [2.45, 2.75) is 27.3 Å². The number of hydrogen-bond acceptors (Lipinski definition) is 7. The molecule has 2 aromatic heterocycles. The lowest BCUT2D eigenvalue weighted by molar-refractivity contribution is -0.384. The van der Waals surface area contributed by atoms with E-state index in [1.807, 2.05) is 13.8 Å². The second kappa shape index (κ2) is 9.04. The zero-order valence-electron chi connectivity index (χ0n) is 17.2. The molecule has 0 aliphatic heterocycles. The lowest BCUT2D eigenvalue weighted by Gasteiger charge is -2.18. The highest BCUT2D eigenvalue weighted by molar-refractivity contribution is 7.20. The summed E-state index contributed by atoms with van der Waals surface area (Å²) in [4.78, 5) is 55.0. The maximum Gasteiger partial charge on any atom is 0.271 e. The van der Waals surface area contributed by atoms with Crippen molar-refractivity contribution < 1.29 is 14.5 Å². The lowest BCUT2D eigenvalue weighted by atomic mass is 10.2. The van der Waals surface area contributed by atoms with Crippen molar-refractivity contribution in [3.05, 3.63) is 61.5 Å². The Morgan fingerprint density at radius 2 is 2.00 bits per heavy atom. The molecule has 0 unspecified atom stereocenters. The number of aryl methyl sites for hydroxylation is 1. The Bertz CT molecular complexity index is 1230. The zero-order valence-corrected chi connectivity index (χ0v) is 18.1. The van der Waals surface area contributed by atoms with Crippen LogP contribution < -0.4 is 10.9 Å². The quantitative estimate of drug-likeness (QED) is 0.442. The zero-order chi connectivity index (χ0) is 22.7. The average molecular weight is 443 g/mol. The van der Waals surface area contributed by atoms with Gasteiger partial charge in [-0.15, -0.1) is 11.3 Å². The Balaban J connectivity index is 1.92. The van der Waals surface area contributed by atoms with Gasteiger partial charge >= 0.3 is 0 Å². The summed E-state index contributed by atoms with van der Waals surface area (Å²) in [5.74, 6) is -0.684. The first-order valence-electron chi connectivity index (χ1n) is 9.58. The van der Waals surface area contributed by atoms with E-state index in [1.54, 1.807) is 11.8 Å². The molecule has 3 aromatic rings. The molecule has 0 saturated heterocycles. The van der Waals surface area contributed by atoms with Gasteiger partial charge in [0, 0.05) is 30.9 Å². The van der Waals surface area contributed by atoms with Crippen LogP contribution in [0, 0.1) is 17.0 Å². The van der Waals surface area contributed by atoms with E-state index in [4.69, 9.17) is 0 Å². The SMILES string of the molecule is CCN(CC)C(=O)Cn1cnc2sc(C(=O)Nc3cccc([N+](=O)[O-])c3)c(C)c2c1=O. The van der Waals surface area contributed by atoms with Gasteiger partial charge in [-0.05, 0) is 32.4 Å². The van der Waals surface area contributed by atoms with Gasteiger partial charge in [0.25, 0.3) is 17.2 Å². The van der Waals surface area contributed by atoms with E-state index in [0.717, 1.165) is 11.3 Å². The number of non-ortho nitro benzene ring substituents is 1. The Kier molecular flexibility index (Phi) is 6.44. The third-order valence-electron chi connectivity index (χ3n) is 4.86. The van der Waals surface area contributed by atoms with Crippen LogP contribution in [0.3, 0.4) is 0 Å². The molecule has 2 heterocycles. The number of anilines is 1. The summed E-state index contributed by atoms with van der Waals surface area (Å²) in [5.41, 5.74) is 0.179. The molecule has 1 N–H and O–H groups in total. The van der Waals surface area contributed by atoms with Gasteiger partial charge in [0.1, 0.15) is 11.4 Å². The Labute approximate surface area is 181 Å². The van der Waals surface area contributed by atoms with Crippen LogP contribution in [0.4, 0.5) is 11.4 Å². The lowest BCUT2D eigenvalue weighted by Crippen LogP contribution is -2.36. The Morgan fingerprint density at radius 3 is 2.65 bits per heavy atom. The number of nitrogens with one attached hydrogen (secondary N) is 1. The molecule has 162 valence electrons. The molecule has 0 spiro atoms. The number of nitro groups is 1. The van der Waals surface area contributed by atoms with Crippen molar-refractivity contribution >= 4 is 44.7 Å². The van der Waals surface area contributed by atoms with Crippen LogP contribution in [0.2, 0.25) is 0 Å². The van der Waals surface area contributed by atoms with Crippen molar-refractivity contribution in [2.24, 2.45) is 0 Å². The number of nitro benzene ring substituents is 1. The summed E-state index contributed by atoms with van der Waals surface area (Å²) < 4.78 is 1.24. The van der Waals surface area contributed by atoms with Crippen LogP contribution >= 0.6 is 11.3 Å². The predicted octanol–water partition coefficient (Wildman–Crippen LogP) is 2.80. The van der Waals surface area contributed by atoms with E-state index < -0.39 is 16.4 Å². The minimum atomic E-state index is -0.549. The van der Waals surface area contributed by atoms with Crippen LogP contribution in [-0.2, 0) is 11.3 Å². The molecule has 3 rings (SSSR count). The van der Waals surface area contributed by atoms with Crippen molar-refractivity contribution in [3.8, 4) is 0 Å². The summed E-state index contributed by atoms with van der Waals surface area (Å²) >= 11 is 1.05. The topological polar surface area (TPSA) is 127 Å². The van der Waals surface area contributed by atoms with Gasteiger partial charge in [-0.25, -0.2) is 4.98 Å². The highest BCUT2D eigenvalue weighted by Gasteiger charge is 2.21. The van der Waals surface area contributed by atoms with E-state index >= 15 is 0 Å². The largest absolute Gasteiger partial charge is 0.342 e. The van der Waals surface area contributed by atoms with Gasteiger partial charge in [-0.1, -0.05) is 6.07 Å². The van der Waals surface area contributed by atoms with Crippen molar-refractivity contribution in [3.63, 3.8) is 0 Å². The maximum absolute atomic E-state index is 13.0. The highest BCUT2D eigenvalue weighted by Crippen LogP contribution is 2.28. The summed E-state index contributed by atoms with van der Waals surface area (Å²) in [7, 11) is 0. The molecule has 2 amide bonds. The van der Waals surface area contributed by atoms with Crippen LogP contribution in [0.15, 0.2) is 35.4 Å². The number of fused-ring (bicyclic) bond motifs is 1. The number of hydrogen-bond donors (Lipinski definition) is 1. The number of carbonyl (C=O) groups is 2. The fourth-order valence-corrected chi connectivity index (χ4v) is 4.23. The van der Waals surface area contributed by atoms with E-state index in [-0.39, 0.29) is 34.1 Å². The van der Waals surface area contributed by atoms with Gasteiger partial charge in [-0.2, -0.15) is 0 Å². The summed E-state index contributed by atoms with van der Waals surface area (Å²) in [6, 6.07) is 5.59. The molecule has 0 radical (unpaired) electrons. The summed E-state index contributed by atoms with van der Waals surface area (Å²) in [6.45, 7) is 6.31. The standard InChI is InChI=1S/C20H21N5O5S/c1-4-23(5-2)15(26)10-24-11-21-19-16(20(24)28)12(3)17(31-19)18(27)22-13-7-6-8-14(9-13)25(29)30/h6-9,11H,4-5,10H2,1-3H3,(H,22,27). The molecule has 1 aromatic carbocycles. The fourth-order valence-electron chi connectivity index (χ4n) is 3.20. The van der Waals surface area contributed by atoms with E-state index in [1.165, 1.54) is 35.2 Å². The third-order valence-corrected chi connectivity index (χ3v) is 6.06. The van der Waals surface area contributed by atoms with Gasteiger partial charge in [0.2, 0.25) is 5.91 Å². The van der Waals surface area contributed by atoms with Crippen LogP contribution in [-0.4, -0.2) is 44.3 Å². The van der Waals surface area contributed by atoms with Gasteiger partial charge < -0.3 is 10.2 Å². The molecule has 0 aliphatic rings. The first kappa shape index (κ1) is 22.1. The summed E-state index contributed by atoms with van der Waals surface area (Å²) in [6.07, 6.45) is 1.31. The van der Waals surface area contributed by atoms with Crippen LogP contribution in [0.5, 0.6) is 0 Å². The molecule has 0 atom stereocenters. The molecular formula is C20H21N5O5S.